The molecule has 1 saturated heterocycles. The van der Waals surface area contributed by atoms with E-state index in [0.717, 1.165) is 73.7 Å². The first-order valence-corrected chi connectivity index (χ1v) is 24.3. The fourth-order valence-electron chi connectivity index (χ4n) is 6.60. The minimum atomic E-state index is -3.74. The van der Waals surface area contributed by atoms with Crippen molar-refractivity contribution in [3.8, 4) is 11.5 Å². The maximum absolute atomic E-state index is 13.8. The van der Waals surface area contributed by atoms with Crippen molar-refractivity contribution in [3.05, 3.63) is 119 Å². The van der Waals surface area contributed by atoms with Crippen LogP contribution in [-0.4, -0.2) is 144 Å². The Balaban J connectivity index is 1.05. The van der Waals surface area contributed by atoms with Gasteiger partial charge in [0.05, 0.1) is 22.9 Å². The number of carbonyl (C=O) groups excluding carboxylic acids is 1. The second-order valence-corrected chi connectivity index (χ2v) is 18.8. The highest BCUT2D eigenvalue weighted by molar-refractivity contribution is 7.89. The van der Waals surface area contributed by atoms with Crippen LogP contribution in [0.5, 0.6) is 11.5 Å². The van der Waals surface area contributed by atoms with Gasteiger partial charge in [0, 0.05) is 85.1 Å². The van der Waals surface area contributed by atoms with E-state index in [1.807, 2.05) is 62.4 Å². The lowest BCUT2D eigenvalue weighted by atomic mass is 10.0. The zero-order valence-corrected chi connectivity index (χ0v) is 37.7. The van der Waals surface area contributed by atoms with Gasteiger partial charge < -0.3 is 35.6 Å². The van der Waals surface area contributed by atoms with Gasteiger partial charge in [-0.15, -0.1) is 0 Å². The summed E-state index contributed by atoms with van der Waals surface area (Å²) in [6.07, 6.45) is 0.722. The minimum Gasteiger partial charge on any atom is -0.492 e. The Bertz CT molecular complexity index is 2130. The standard InChI is InChI=1S/C45H64N8O7S2/c1-37-3-15-43(16-4-37)61(55,56)50-24-23-49-28-33-59-41-11-7-39(8-12-41)35-40-9-13-42(14-10-40)60-34-32-53(31-27-51-62(57,58)44-17-5-38(2)6-18-44)45(54)36-52-29-25-47-21-19-46-20-22-48-26-30-52/h3-18,46-51H,19-36H2,1-2H3. The van der Waals surface area contributed by atoms with Crippen molar-refractivity contribution in [2.45, 2.75) is 30.1 Å². The number of carbonyl (C=O) groups is 1. The Hall–Kier alpha value is -4.43. The van der Waals surface area contributed by atoms with Crippen LogP contribution in [-0.2, 0) is 31.3 Å². The Labute approximate surface area is 368 Å². The van der Waals surface area contributed by atoms with E-state index in [2.05, 4.69) is 35.6 Å². The van der Waals surface area contributed by atoms with Crippen LogP contribution in [0, 0.1) is 13.8 Å². The topological polar surface area (TPSA) is 182 Å². The maximum atomic E-state index is 13.8. The molecule has 0 aromatic heterocycles. The summed E-state index contributed by atoms with van der Waals surface area (Å²) in [4.78, 5) is 18.0. The molecular formula is C45H64N8O7S2. The Morgan fingerprint density at radius 1 is 0.581 bits per heavy atom. The van der Waals surface area contributed by atoms with Gasteiger partial charge in [0.2, 0.25) is 26.0 Å². The molecule has 0 bridgehead atoms. The van der Waals surface area contributed by atoms with E-state index in [-0.39, 0.29) is 48.5 Å². The molecule has 5 rings (SSSR count). The number of benzene rings is 4. The molecule has 6 N–H and O–H groups in total. The van der Waals surface area contributed by atoms with E-state index in [0.29, 0.717) is 45.1 Å². The minimum absolute atomic E-state index is 0.0700. The van der Waals surface area contributed by atoms with Gasteiger partial charge in [-0.05, 0) is 79.9 Å². The molecular weight excluding hydrogens is 829 g/mol. The second-order valence-electron chi connectivity index (χ2n) is 15.2. The molecule has 338 valence electrons. The SMILES string of the molecule is Cc1ccc(S(=O)(=O)NCCNCCOc2ccc(Cc3ccc(OCCN(CCNS(=O)(=O)c4ccc(C)cc4)C(=O)CN4CCNCCNCCNCC4)cc3)cc2)cc1. The fraction of sp³-hybridized carbons (Fsp3) is 0.444. The van der Waals surface area contributed by atoms with Crippen molar-refractivity contribution in [1.29, 1.82) is 0 Å². The van der Waals surface area contributed by atoms with Crippen LogP contribution >= 0.6 is 0 Å². The summed E-state index contributed by atoms with van der Waals surface area (Å²) >= 11 is 0. The maximum Gasteiger partial charge on any atom is 0.240 e. The van der Waals surface area contributed by atoms with E-state index < -0.39 is 20.0 Å². The third-order valence-corrected chi connectivity index (χ3v) is 13.2. The fourth-order valence-corrected chi connectivity index (χ4v) is 8.65. The van der Waals surface area contributed by atoms with Crippen LogP contribution in [0.4, 0.5) is 0 Å². The average molecular weight is 893 g/mol. The van der Waals surface area contributed by atoms with Crippen molar-refractivity contribution in [2.75, 3.05) is 111 Å². The van der Waals surface area contributed by atoms with E-state index in [4.69, 9.17) is 9.47 Å². The van der Waals surface area contributed by atoms with Gasteiger partial charge in [-0.2, -0.15) is 0 Å². The van der Waals surface area contributed by atoms with Crippen LogP contribution in [0.1, 0.15) is 22.3 Å². The summed E-state index contributed by atoms with van der Waals surface area (Å²) in [7, 11) is -7.27. The molecule has 4 aromatic rings. The predicted octanol–water partition coefficient (Wildman–Crippen LogP) is 2.11. The number of ether oxygens (including phenoxy) is 2. The van der Waals surface area contributed by atoms with Gasteiger partial charge in [0.1, 0.15) is 24.7 Å². The van der Waals surface area contributed by atoms with Crippen molar-refractivity contribution < 1.29 is 31.1 Å². The lowest BCUT2D eigenvalue weighted by Gasteiger charge is -2.28. The van der Waals surface area contributed by atoms with Crippen LogP contribution in [0.25, 0.3) is 0 Å². The lowest BCUT2D eigenvalue weighted by molar-refractivity contribution is -0.132. The van der Waals surface area contributed by atoms with Crippen LogP contribution in [0.3, 0.4) is 0 Å². The highest BCUT2D eigenvalue weighted by atomic mass is 32.2. The Kier molecular flexibility index (Phi) is 20.1. The van der Waals surface area contributed by atoms with Crippen molar-refractivity contribution in [1.82, 2.24) is 40.5 Å². The number of sulfonamides is 2. The predicted molar refractivity (Wildman–Crippen MR) is 244 cm³/mol. The molecule has 1 aliphatic heterocycles. The molecule has 17 heteroatoms. The van der Waals surface area contributed by atoms with Gasteiger partial charge in [-0.25, -0.2) is 26.3 Å². The van der Waals surface area contributed by atoms with Crippen molar-refractivity contribution in [3.63, 3.8) is 0 Å². The van der Waals surface area contributed by atoms with Gasteiger partial charge >= 0.3 is 0 Å². The quantitative estimate of drug-likeness (QED) is 0.0634. The molecule has 0 spiro atoms. The van der Waals surface area contributed by atoms with Gasteiger partial charge in [0.15, 0.2) is 0 Å². The smallest absolute Gasteiger partial charge is 0.240 e. The number of hydrogen-bond donors (Lipinski definition) is 6. The zero-order chi connectivity index (χ0) is 44.0. The number of nitrogens with one attached hydrogen (secondary N) is 6. The molecule has 0 saturated carbocycles. The lowest BCUT2D eigenvalue weighted by Crippen LogP contribution is -2.48. The number of nitrogens with zero attached hydrogens (tertiary/aromatic N) is 2. The Morgan fingerprint density at radius 3 is 1.56 bits per heavy atom. The van der Waals surface area contributed by atoms with Gasteiger partial charge in [0.25, 0.3) is 0 Å². The molecule has 62 heavy (non-hydrogen) atoms. The first-order valence-electron chi connectivity index (χ1n) is 21.4. The van der Waals surface area contributed by atoms with E-state index in [1.54, 1.807) is 53.4 Å². The molecule has 0 atom stereocenters. The molecule has 1 amide bonds. The number of aryl methyl sites for hydroxylation is 2. The molecule has 0 unspecified atom stereocenters. The monoisotopic (exact) mass is 892 g/mol. The number of rotatable bonds is 22. The van der Waals surface area contributed by atoms with Crippen molar-refractivity contribution >= 4 is 26.0 Å². The summed E-state index contributed by atoms with van der Waals surface area (Å²) in [6.45, 7) is 13.0. The molecule has 15 nitrogen and oxygen atoms in total. The summed E-state index contributed by atoms with van der Waals surface area (Å²) in [5, 5.41) is 13.4. The van der Waals surface area contributed by atoms with Crippen LogP contribution in [0.15, 0.2) is 107 Å². The summed E-state index contributed by atoms with van der Waals surface area (Å²) < 4.78 is 68.1. The zero-order valence-electron chi connectivity index (χ0n) is 36.0. The third-order valence-electron chi connectivity index (χ3n) is 10.2. The van der Waals surface area contributed by atoms with Crippen LogP contribution in [0.2, 0.25) is 0 Å². The molecule has 0 aliphatic carbocycles. The molecule has 0 radical (unpaired) electrons. The average Bonchev–Trinajstić information content (AvgIpc) is 3.25. The summed E-state index contributed by atoms with van der Waals surface area (Å²) in [5.74, 6) is 1.34. The van der Waals surface area contributed by atoms with Gasteiger partial charge in [-0.1, -0.05) is 59.7 Å². The number of hydrogen-bond acceptors (Lipinski definition) is 12. The Morgan fingerprint density at radius 2 is 1.05 bits per heavy atom. The van der Waals surface area contributed by atoms with E-state index in [9.17, 15) is 21.6 Å². The molecule has 1 fully saturated rings. The molecule has 4 aromatic carbocycles. The molecule has 1 heterocycles. The van der Waals surface area contributed by atoms with E-state index >= 15 is 0 Å². The third kappa shape index (κ3) is 17.4. The normalized spacial score (nSPS) is 14.7. The second kappa shape index (κ2) is 25.6. The van der Waals surface area contributed by atoms with Gasteiger partial charge in [-0.3, -0.25) is 9.69 Å². The van der Waals surface area contributed by atoms with E-state index in [1.165, 1.54) is 0 Å². The largest absolute Gasteiger partial charge is 0.492 e. The number of amides is 1. The molecule has 1 aliphatic rings. The first-order chi connectivity index (χ1) is 30.0. The summed E-state index contributed by atoms with van der Waals surface area (Å²) in [6, 6.07) is 29.3. The first kappa shape index (κ1) is 48.6. The van der Waals surface area contributed by atoms with Crippen molar-refractivity contribution in [2.24, 2.45) is 0 Å². The van der Waals surface area contributed by atoms with Crippen LogP contribution < -0.4 is 40.2 Å². The highest BCUT2D eigenvalue weighted by Crippen LogP contribution is 2.18. The highest BCUT2D eigenvalue weighted by Gasteiger charge is 2.20. The summed E-state index contributed by atoms with van der Waals surface area (Å²) in [5.41, 5.74) is 4.21.